The molecule has 0 spiro atoms. The van der Waals surface area contributed by atoms with Crippen LogP contribution in [0.15, 0.2) is 18.2 Å². The summed E-state index contributed by atoms with van der Waals surface area (Å²) in [5.74, 6) is 5.48. The van der Waals surface area contributed by atoms with Gasteiger partial charge in [-0.25, -0.2) is 4.39 Å². The first kappa shape index (κ1) is 16.7. The van der Waals surface area contributed by atoms with Crippen molar-refractivity contribution in [2.24, 2.45) is 5.84 Å². The summed E-state index contributed by atoms with van der Waals surface area (Å²) in [7, 11) is 4.22. The van der Waals surface area contributed by atoms with Gasteiger partial charge in [0.05, 0.1) is 5.02 Å². The third-order valence-electron chi connectivity index (χ3n) is 4.88. The lowest BCUT2D eigenvalue weighted by atomic mass is 9.73. The van der Waals surface area contributed by atoms with Crippen molar-refractivity contribution in [2.75, 3.05) is 14.1 Å². The number of hydrogen-bond acceptors (Lipinski definition) is 3. The molecular formula is C16H25ClFN3. The molecule has 118 valence electrons. The Labute approximate surface area is 131 Å². The van der Waals surface area contributed by atoms with E-state index in [2.05, 4.69) is 24.4 Å². The third-order valence-corrected chi connectivity index (χ3v) is 5.19. The molecule has 3 nitrogen and oxygen atoms in total. The molecule has 1 fully saturated rings. The van der Waals surface area contributed by atoms with E-state index in [0.717, 1.165) is 18.4 Å². The molecule has 0 aromatic heterocycles. The molecule has 1 aliphatic rings. The van der Waals surface area contributed by atoms with Crippen molar-refractivity contribution in [3.63, 3.8) is 0 Å². The van der Waals surface area contributed by atoms with E-state index < -0.39 is 0 Å². The maximum absolute atomic E-state index is 13.6. The molecule has 1 aliphatic carbocycles. The van der Waals surface area contributed by atoms with Gasteiger partial charge in [-0.15, -0.1) is 0 Å². The number of hydrazine groups is 1. The SMILES string of the molecule is CN(C)C1(C(Cc2ccc(Cl)c(F)c2)NN)CCCCC1. The van der Waals surface area contributed by atoms with E-state index in [0.29, 0.717) is 6.42 Å². The quantitative estimate of drug-likeness (QED) is 0.648. The summed E-state index contributed by atoms with van der Waals surface area (Å²) >= 11 is 5.75. The topological polar surface area (TPSA) is 41.3 Å². The Balaban J connectivity index is 2.22. The number of rotatable bonds is 5. The first-order chi connectivity index (χ1) is 9.99. The molecular weight excluding hydrogens is 289 g/mol. The second-order valence-electron chi connectivity index (χ2n) is 6.23. The minimum Gasteiger partial charge on any atom is -0.302 e. The normalized spacial score (nSPS) is 19.7. The van der Waals surface area contributed by atoms with Crippen LogP contribution in [-0.4, -0.2) is 30.6 Å². The van der Waals surface area contributed by atoms with Gasteiger partial charge in [0.1, 0.15) is 5.82 Å². The highest BCUT2D eigenvalue weighted by atomic mass is 35.5. The maximum Gasteiger partial charge on any atom is 0.142 e. The summed E-state index contributed by atoms with van der Waals surface area (Å²) in [5, 5.41) is 0.163. The van der Waals surface area contributed by atoms with Crippen molar-refractivity contribution in [3.05, 3.63) is 34.6 Å². The smallest absolute Gasteiger partial charge is 0.142 e. The van der Waals surface area contributed by atoms with E-state index >= 15 is 0 Å². The zero-order valence-corrected chi connectivity index (χ0v) is 13.6. The molecule has 0 heterocycles. The zero-order valence-electron chi connectivity index (χ0n) is 12.8. The van der Waals surface area contributed by atoms with Gasteiger partial charge in [0.25, 0.3) is 0 Å². The largest absolute Gasteiger partial charge is 0.302 e. The van der Waals surface area contributed by atoms with Crippen molar-refractivity contribution in [3.8, 4) is 0 Å². The third kappa shape index (κ3) is 3.57. The van der Waals surface area contributed by atoms with Crippen LogP contribution < -0.4 is 11.3 Å². The van der Waals surface area contributed by atoms with Crippen LogP contribution in [-0.2, 0) is 6.42 Å². The molecule has 0 saturated heterocycles. The summed E-state index contributed by atoms with van der Waals surface area (Å²) in [4.78, 5) is 2.28. The molecule has 1 unspecified atom stereocenters. The van der Waals surface area contributed by atoms with E-state index in [1.165, 1.54) is 25.3 Å². The van der Waals surface area contributed by atoms with Crippen LogP contribution >= 0.6 is 11.6 Å². The first-order valence-electron chi connectivity index (χ1n) is 7.57. The van der Waals surface area contributed by atoms with Crippen LogP contribution in [0.4, 0.5) is 4.39 Å². The highest BCUT2D eigenvalue weighted by molar-refractivity contribution is 6.30. The van der Waals surface area contributed by atoms with Crippen LogP contribution in [0.25, 0.3) is 0 Å². The fourth-order valence-corrected chi connectivity index (χ4v) is 3.70. The van der Waals surface area contributed by atoms with Crippen molar-refractivity contribution in [1.82, 2.24) is 10.3 Å². The second kappa shape index (κ2) is 7.05. The highest BCUT2D eigenvalue weighted by Crippen LogP contribution is 2.36. The van der Waals surface area contributed by atoms with Crippen molar-refractivity contribution < 1.29 is 4.39 Å². The minimum atomic E-state index is -0.368. The zero-order chi connectivity index (χ0) is 15.5. The number of hydrogen-bond donors (Lipinski definition) is 2. The number of nitrogens with one attached hydrogen (secondary N) is 1. The average molecular weight is 314 g/mol. The predicted octanol–water partition coefficient (Wildman–Crippen LogP) is 3.12. The Bertz CT molecular complexity index is 473. The van der Waals surface area contributed by atoms with Crippen molar-refractivity contribution in [1.29, 1.82) is 0 Å². The Morgan fingerprint density at radius 3 is 2.52 bits per heavy atom. The maximum atomic E-state index is 13.6. The fourth-order valence-electron chi connectivity index (χ4n) is 3.58. The summed E-state index contributed by atoms with van der Waals surface area (Å²) in [5.41, 5.74) is 3.93. The molecule has 21 heavy (non-hydrogen) atoms. The number of nitrogens with two attached hydrogens (primary N) is 1. The standard InChI is InChI=1S/C16H25ClFN3/c1-21(2)16(8-4-3-5-9-16)15(20-19)11-12-6-7-13(17)14(18)10-12/h6-7,10,15,20H,3-5,8-9,11,19H2,1-2H3. The van der Waals surface area contributed by atoms with Gasteiger partial charge < -0.3 is 4.90 Å². The van der Waals surface area contributed by atoms with Crippen molar-refractivity contribution in [2.45, 2.75) is 50.1 Å². The van der Waals surface area contributed by atoms with Gasteiger partial charge in [-0.3, -0.25) is 11.3 Å². The van der Waals surface area contributed by atoms with E-state index in [1.807, 2.05) is 6.07 Å². The van der Waals surface area contributed by atoms with Crippen LogP contribution in [0, 0.1) is 5.82 Å². The Morgan fingerprint density at radius 2 is 2.00 bits per heavy atom. The molecule has 3 N–H and O–H groups in total. The molecule has 5 heteroatoms. The van der Waals surface area contributed by atoms with Gasteiger partial charge >= 0.3 is 0 Å². The molecule has 1 atom stereocenters. The highest BCUT2D eigenvalue weighted by Gasteiger charge is 2.41. The molecule has 1 saturated carbocycles. The number of halogens is 2. The van der Waals surface area contributed by atoms with Gasteiger partial charge in [0, 0.05) is 11.6 Å². The molecule has 0 radical (unpaired) electrons. The average Bonchev–Trinajstić information content (AvgIpc) is 2.49. The summed E-state index contributed by atoms with van der Waals surface area (Å²) in [6.07, 6.45) is 6.64. The fraction of sp³-hybridized carbons (Fsp3) is 0.625. The summed E-state index contributed by atoms with van der Waals surface area (Å²) < 4.78 is 13.6. The second-order valence-corrected chi connectivity index (χ2v) is 6.64. The molecule has 0 bridgehead atoms. The molecule has 0 aliphatic heterocycles. The Morgan fingerprint density at radius 1 is 1.33 bits per heavy atom. The first-order valence-corrected chi connectivity index (χ1v) is 7.95. The lowest BCUT2D eigenvalue weighted by molar-refractivity contribution is 0.0568. The van der Waals surface area contributed by atoms with E-state index in [9.17, 15) is 4.39 Å². The van der Waals surface area contributed by atoms with Gasteiger partial charge in [0.15, 0.2) is 0 Å². The molecule has 2 rings (SSSR count). The lowest BCUT2D eigenvalue weighted by Crippen LogP contribution is -2.62. The van der Waals surface area contributed by atoms with E-state index in [1.54, 1.807) is 6.07 Å². The van der Waals surface area contributed by atoms with Gasteiger partial charge in [-0.05, 0) is 51.1 Å². The van der Waals surface area contributed by atoms with Gasteiger partial charge in [-0.2, -0.15) is 0 Å². The van der Waals surface area contributed by atoms with E-state index in [4.69, 9.17) is 17.4 Å². The van der Waals surface area contributed by atoms with Crippen LogP contribution in [0.5, 0.6) is 0 Å². The number of nitrogens with zero attached hydrogens (tertiary/aromatic N) is 1. The monoisotopic (exact) mass is 313 g/mol. The molecule has 0 amide bonds. The van der Waals surface area contributed by atoms with Gasteiger partial charge in [-0.1, -0.05) is 36.9 Å². The number of likely N-dealkylation sites (N-methyl/N-ethyl adjacent to an activating group) is 1. The van der Waals surface area contributed by atoms with Crippen LogP contribution in [0.1, 0.15) is 37.7 Å². The molecule has 1 aromatic carbocycles. The predicted molar refractivity (Wildman–Crippen MR) is 85.7 cm³/mol. The van der Waals surface area contributed by atoms with Crippen LogP contribution in [0.2, 0.25) is 5.02 Å². The Kier molecular flexibility index (Phi) is 5.60. The van der Waals surface area contributed by atoms with Gasteiger partial charge in [0.2, 0.25) is 0 Å². The number of benzene rings is 1. The van der Waals surface area contributed by atoms with E-state index in [-0.39, 0.29) is 22.4 Å². The Hall–Kier alpha value is -0.680. The summed E-state index contributed by atoms with van der Waals surface area (Å²) in [6, 6.07) is 5.09. The lowest BCUT2D eigenvalue weighted by Gasteiger charge is -2.48. The summed E-state index contributed by atoms with van der Waals surface area (Å²) in [6.45, 7) is 0. The van der Waals surface area contributed by atoms with Crippen LogP contribution in [0.3, 0.4) is 0 Å². The molecule has 1 aromatic rings. The van der Waals surface area contributed by atoms with Crippen molar-refractivity contribution >= 4 is 11.6 Å². The minimum absolute atomic E-state index is 0.0309.